The number of nitrogens with one attached hydrogen (secondary N) is 2. The topological polar surface area (TPSA) is 58.4 Å². The maximum atomic E-state index is 12.4. The number of fused-ring (bicyclic) bond motifs is 3. The second-order valence-corrected chi connectivity index (χ2v) is 5.88. The van der Waals surface area contributed by atoms with Crippen LogP contribution in [0.4, 0.5) is 0 Å². The van der Waals surface area contributed by atoms with Crippen LogP contribution in [0.1, 0.15) is 28.9 Å². The van der Waals surface area contributed by atoms with Gasteiger partial charge in [-0.3, -0.25) is 4.79 Å². The molecular formula is C16H16N4O. The molecule has 5 nitrogen and oxygen atoms in total. The Hall–Kier alpha value is -2.32. The van der Waals surface area contributed by atoms with E-state index in [2.05, 4.69) is 21.5 Å². The summed E-state index contributed by atoms with van der Waals surface area (Å²) >= 11 is 0. The summed E-state index contributed by atoms with van der Waals surface area (Å²) in [6.07, 6.45) is 11.2. The highest BCUT2D eigenvalue weighted by Crippen LogP contribution is 2.31. The molecule has 2 N–H and O–H groups in total. The maximum absolute atomic E-state index is 12.4. The molecule has 1 amide bonds. The van der Waals surface area contributed by atoms with Crippen LogP contribution in [0.3, 0.4) is 0 Å². The Balaban J connectivity index is 1.55. The van der Waals surface area contributed by atoms with E-state index in [9.17, 15) is 4.79 Å². The molecule has 3 atom stereocenters. The van der Waals surface area contributed by atoms with Crippen LogP contribution in [0.5, 0.6) is 0 Å². The molecule has 0 radical (unpaired) electrons. The van der Waals surface area contributed by atoms with Crippen molar-refractivity contribution in [2.45, 2.75) is 24.9 Å². The summed E-state index contributed by atoms with van der Waals surface area (Å²) in [7, 11) is 0. The van der Waals surface area contributed by atoms with Gasteiger partial charge < -0.3 is 15.0 Å². The smallest absolute Gasteiger partial charge is 0.251 e. The van der Waals surface area contributed by atoms with E-state index in [1.165, 1.54) is 6.42 Å². The number of amides is 1. The van der Waals surface area contributed by atoms with Gasteiger partial charge in [-0.05, 0) is 43.4 Å². The highest BCUT2D eigenvalue weighted by atomic mass is 16.1. The number of nitrogens with zero attached hydrogens (tertiary/aromatic N) is 2. The molecule has 2 aliphatic rings. The van der Waals surface area contributed by atoms with Crippen LogP contribution in [0.2, 0.25) is 0 Å². The largest absolute Gasteiger partial charge is 0.348 e. The number of imidazole rings is 1. The fourth-order valence-electron chi connectivity index (χ4n) is 3.46. The zero-order valence-electron chi connectivity index (χ0n) is 11.5. The summed E-state index contributed by atoms with van der Waals surface area (Å²) in [6, 6.07) is 4.25. The average Bonchev–Trinajstić information content (AvgIpc) is 3.20. The van der Waals surface area contributed by atoms with E-state index in [-0.39, 0.29) is 11.9 Å². The predicted molar refractivity (Wildman–Crippen MR) is 78.9 cm³/mol. The van der Waals surface area contributed by atoms with Crippen molar-refractivity contribution in [2.24, 2.45) is 5.92 Å². The molecule has 2 aromatic rings. The molecule has 5 heteroatoms. The van der Waals surface area contributed by atoms with Gasteiger partial charge >= 0.3 is 0 Å². The van der Waals surface area contributed by atoms with Crippen LogP contribution in [0.25, 0.3) is 5.65 Å². The molecule has 1 aliphatic heterocycles. The zero-order valence-corrected chi connectivity index (χ0v) is 11.5. The number of hydrogen-bond donors (Lipinski definition) is 2. The minimum Gasteiger partial charge on any atom is -0.348 e. The number of pyridine rings is 1. The lowest BCUT2D eigenvalue weighted by atomic mass is 10.1. The number of carbonyl (C=O) groups excluding carboxylic acids is 1. The number of carbonyl (C=O) groups is 1. The molecule has 3 unspecified atom stereocenters. The first-order valence-electron chi connectivity index (χ1n) is 7.22. The number of aromatic nitrogens is 2. The van der Waals surface area contributed by atoms with Crippen LogP contribution < -0.4 is 10.6 Å². The third-order valence-corrected chi connectivity index (χ3v) is 4.52. The van der Waals surface area contributed by atoms with E-state index < -0.39 is 0 Å². The van der Waals surface area contributed by atoms with Crippen molar-refractivity contribution in [3.63, 3.8) is 0 Å². The van der Waals surface area contributed by atoms with E-state index in [0.29, 0.717) is 28.9 Å². The lowest BCUT2D eigenvalue weighted by molar-refractivity contribution is 0.0928. The molecule has 2 aromatic heterocycles. The fourth-order valence-corrected chi connectivity index (χ4v) is 3.46. The van der Waals surface area contributed by atoms with E-state index >= 15 is 0 Å². The quantitative estimate of drug-likeness (QED) is 0.800. The van der Waals surface area contributed by atoms with Gasteiger partial charge in [0.2, 0.25) is 0 Å². The Morgan fingerprint density at radius 3 is 3.14 bits per heavy atom. The van der Waals surface area contributed by atoms with Crippen molar-refractivity contribution in [3.8, 4) is 12.3 Å². The fraction of sp³-hybridized carbons (Fsp3) is 0.375. The van der Waals surface area contributed by atoms with Gasteiger partial charge in [0.05, 0.1) is 0 Å². The standard InChI is InChI=1S/C16H16N4O/c1-2-12-9-20-4-3-11(7-15(20)18-12)16(21)19-14-6-10-5-13(14)17-8-10/h1,3-4,7,9-10,13-14,17H,5-6,8H2,(H,19,21). The van der Waals surface area contributed by atoms with Crippen molar-refractivity contribution in [1.82, 2.24) is 20.0 Å². The van der Waals surface area contributed by atoms with Gasteiger partial charge in [-0.1, -0.05) is 0 Å². The van der Waals surface area contributed by atoms with Crippen LogP contribution in [0.15, 0.2) is 24.5 Å². The molecule has 0 aromatic carbocycles. The van der Waals surface area contributed by atoms with Gasteiger partial charge in [0, 0.05) is 30.0 Å². The zero-order chi connectivity index (χ0) is 14.4. The van der Waals surface area contributed by atoms with Crippen molar-refractivity contribution in [2.75, 3.05) is 6.54 Å². The molecule has 1 saturated carbocycles. The highest BCUT2D eigenvalue weighted by Gasteiger charge is 2.40. The van der Waals surface area contributed by atoms with Crippen molar-refractivity contribution in [1.29, 1.82) is 0 Å². The van der Waals surface area contributed by atoms with E-state index in [1.54, 1.807) is 18.3 Å². The van der Waals surface area contributed by atoms with Gasteiger partial charge in [0.25, 0.3) is 5.91 Å². The van der Waals surface area contributed by atoms with E-state index in [1.807, 2.05) is 10.6 Å². The van der Waals surface area contributed by atoms with Gasteiger partial charge in [0.15, 0.2) is 0 Å². The second-order valence-electron chi connectivity index (χ2n) is 5.88. The van der Waals surface area contributed by atoms with E-state index in [0.717, 1.165) is 13.0 Å². The summed E-state index contributed by atoms with van der Waals surface area (Å²) < 4.78 is 1.82. The van der Waals surface area contributed by atoms with Crippen LogP contribution in [-0.4, -0.2) is 33.9 Å². The third-order valence-electron chi connectivity index (χ3n) is 4.52. The molecule has 2 bridgehead atoms. The lowest BCUT2D eigenvalue weighted by Gasteiger charge is -2.23. The normalized spacial score (nSPS) is 26.9. The van der Waals surface area contributed by atoms with Crippen LogP contribution >= 0.6 is 0 Å². The molecule has 2 fully saturated rings. The summed E-state index contributed by atoms with van der Waals surface area (Å²) in [5.74, 6) is 3.18. The maximum Gasteiger partial charge on any atom is 0.251 e. The Kier molecular flexibility index (Phi) is 2.72. The number of hydrogen-bond acceptors (Lipinski definition) is 3. The van der Waals surface area contributed by atoms with Gasteiger partial charge in [-0.25, -0.2) is 4.98 Å². The molecule has 1 saturated heterocycles. The Morgan fingerprint density at radius 2 is 2.43 bits per heavy atom. The lowest BCUT2D eigenvalue weighted by Crippen LogP contribution is -2.47. The predicted octanol–water partition coefficient (Wildman–Crippen LogP) is 0.796. The molecule has 0 spiro atoms. The summed E-state index contributed by atoms with van der Waals surface area (Å²) in [5.41, 5.74) is 1.89. The second kappa shape index (κ2) is 4.61. The van der Waals surface area contributed by atoms with Crippen molar-refractivity contribution in [3.05, 3.63) is 35.8 Å². The summed E-state index contributed by atoms with van der Waals surface area (Å²) in [6.45, 7) is 1.09. The molecule has 4 rings (SSSR count). The molecule has 1 aliphatic carbocycles. The monoisotopic (exact) mass is 280 g/mol. The highest BCUT2D eigenvalue weighted by molar-refractivity contribution is 5.95. The number of rotatable bonds is 2. The molecule has 106 valence electrons. The SMILES string of the molecule is C#Cc1cn2ccc(C(=O)NC3CC4CNC3C4)cc2n1. The average molecular weight is 280 g/mol. The first-order chi connectivity index (χ1) is 10.2. The minimum absolute atomic E-state index is 0.0397. The first kappa shape index (κ1) is 12.4. The third kappa shape index (κ3) is 2.08. The van der Waals surface area contributed by atoms with Crippen LogP contribution in [0, 0.1) is 18.3 Å². The van der Waals surface area contributed by atoms with Gasteiger partial charge in [-0.15, -0.1) is 6.42 Å². The number of terminal acetylenes is 1. The Labute approximate surface area is 122 Å². The van der Waals surface area contributed by atoms with Crippen molar-refractivity contribution < 1.29 is 4.79 Å². The summed E-state index contributed by atoms with van der Waals surface area (Å²) in [4.78, 5) is 16.7. The molecule has 21 heavy (non-hydrogen) atoms. The Morgan fingerprint density at radius 1 is 1.52 bits per heavy atom. The molecule has 3 heterocycles. The van der Waals surface area contributed by atoms with Gasteiger partial charge in [-0.2, -0.15) is 0 Å². The van der Waals surface area contributed by atoms with E-state index in [4.69, 9.17) is 6.42 Å². The van der Waals surface area contributed by atoms with Gasteiger partial charge in [0.1, 0.15) is 11.3 Å². The van der Waals surface area contributed by atoms with Crippen molar-refractivity contribution >= 4 is 11.6 Å². The number of piperidine rings is 1. The van der Waals surface area contributed by atoms with Crippen LogP contribution in [-0.2, 0) is 0 Å². The Bertz CT molecular complexity index is 757. The minimum atomic E-state index is -0.0397. The first-order valence-corrected chi connectivity index (χ1v) is 7.22. The summed E-state index contributed by atoms with van der Waals surface area (Å²) in [5, 5.41) is 6.58. The molecular weight excluding hydrogens is 264 g/mol.